The number of pyridine rings is 1. The first kappa shape index (κ1) is 11.5. The summed E-state index contributed by atoms with van der Waals surface area (Å²) in [4.78, 5) is 14.9. The van der Waals surface area contributed by atoms with E-state index in [1.54, 1.807) is 0 Å². The van der Waals surface area contributed by atoms with Gasteiger partial charge in [0.2, 0.25) is 0 Å². The van der Waals surface area contributed by atoms with E-state index in [9.17, 15) is 18.0 Å². The molecule has 2 aliphatic rings. The molecule has 96 valence electrons. The normalized spacial score (nSPS) is 26.5. The van der Waals surface area contributed by atoms with Crippen molar-refractivity contribution in [3.63, 3.8) is 0 Å². The number of carbonyl (C=O) groups is 1. The summed E-state index contributed by atoms with van der Waals surface area (Å²) in [7, 11) is 0. The summed E-state index contributed by atoms with van der Waals surface area (Å²) in [6.45, 7) is 0.948. The van der Waals surface area contributed by atoms with Crippen LogP contribution in [0.4, 0.5) is 13.2 Å². The number of halogens is 3. The SMILES string of the molecule is O=C1OC2(CCNC2)c2cc(C(F)(F)F)ncc21. The Morgan fingerprint density at radius 2 is 2.22 bits per heavy atom. The Hall–Kier alpha value is -1.63. The van der Waals surface area contributed by atoms with Gasteiger partial charge in [0.15, 0.2) is 5.60 Å². The predicted octanol–water partition coefficient (Wildman–Crippen LogP) is 1.46. The van der Waals surface area contributed by atoms with Gasteiger partial charge in [0.25, 0.3) is 0 Å². The Bertz CT molecular complexity index is 522. The van der Waals surface area contributed by atoms with Crippen molar-refractivity contribution in [1.82, 2.24) is 10.3 Å². The van der Waals surface area contributed by atoms with Crippen LogP contribution in [-0.2, 0) is 16.5 Å². The van der Waals surface area contributed by atoms with Crippen molar-refractivity contribution in [2.75, 3.05) is 13.1 Å². The summed E-state index contributed by atoms with van der Waals surface area (Å²) in [5, 5.41) is 3.00. The molecule has 1 aromatic heterocycles. The molecule has 3 rings (SSSR count). The fourth-order valence-corrected chi connectivity index (χ4v) is 2.42. The van der Waals surface area contributed by atoms with Crippen molar-refractivity contribution in [3.05, 3.63) is 29.1 Å². The molecule has 1 unspecified atom stereocenters. The van der Waals surface area contributed by atoms with E-state index in [0.29, 0.717) is 25.1 Å². The summed E-state index contributed by atoms with van der Waals surface area (Å²) in [6, 6.07) is 0.924. The van der Waals surface area contributed by atoms with E-state index in [-0.39, 0.29) is 5.56 Å². The highest BCUT2D eigenvalue weighted by atomic mass is 19.4. The number of rotatable bonds is 0. The van der Waals surface area contributed by atoms with Gasteiger partial charge in [0.05, 0.1) is 5.56 Å². The van der Waals surface area contributed by atoms with Crippen LogP contribution in [0.1, 0.15) is 28.0 Å². The minimum absolute atomic E-state index is 0.131. The molecule has 0 amide bonds. The first-order valence-corrected chi connectivity index (χ1v) is 5.44. The topological polar surface area (TPSA) is 51.2 Å². The van der Waals surface area contributed by atoms with Gasteiger partial charge in [-0.15, -0.1) is 0 Å². The molecule has 7 heteroatoms. The van der Waals surface area contributed by atoms with Crippen LogP contribution < -0.4 is 5.32 Å². The van der Waals surface area contributed by atoms with Gasteiger partial charge in [-0.05, 0) is 12.6 Å². The highest BCUT2D eigenvalue weighted by molar-refractivity contribution is 5.94. The molecule has 1 saturated heterocycles. The quantitative estimate of drug-likeness (QED) is 0.716. The van der Waals surface area contributed by atoms with E-state index in [0.717, 1.165) is 12.3 Å². The second kappa shape index (κ2) is 3.44. The molecule has 3 heterocycles. The Morgan fingerprint density at radius 3 is 2.83 bits per heavy atom. The number of nitrogens with one attached hydrogen (secondary N) is 1. The molecule has 1 spiro atoms. The van der Waals surface area contributed by atoms with Gasteiger partial charge in [0, 0.05) is 24.7 Å². The molecular formula is C11H9F3N2O2. The Kier molecular flexibility index (Phi) is 2.19. The molecule has 1 atom stereocenters. The first-order valence-electron chi connectivity index (χ1n) is 5.44. The lowest BCUT2D eigenvalue weighted by molar-refractivity contribution is -0.141. The third kappa shape index (κ3) is 1.50. The third-order valence-electron chi connectivity index (χ3n) is 3.31. The number of alkyl halides is 3. The van der Waals surface area contributed by atoms with E-state index in [1.807, 2.05) is 0 Å². The zero-order chi connectivity index (χ0) is 13.0. The van der Waals surface area contributed by atoms with Crippen molar-refractivity contribution in [2.24, 2.45) is 0 Å². The van der Waals surface area contributed by atoms with Gasteiger partial charge in [0.1, 0.15) is 5.69 Å². The summed E-state index contributed by atoms with van der Waals surface area (Å²) in [5.41, 5.74) is -1.52. The third-order valence-corrected chi connectivity index (χ3v) is 3.31. The van der Waals surface area contributed by atoms with Crippen LogP contribution in [0.15, 0.2) is 12.3 Å². The van der Waals surface area contributed by atoms with E-state index in [2.05, 4.69) is 10.3 Å². The molecule has 0 saturated carbocycles. The summed E-state index contributed by atoms with van der Waals surface area (Å²) >= 11 is 0. The summed E-state index contributed by atoms with van der Waals surface area (Å²) in [5.74, 6) is -0.602. The maximum absolute atomic E-state index is 12.6. The average molecular weight is 258 g/mol. The van der Waals surface area contributed by atoms with Crippen LogP contribution in [0.3, 0.4) is 0 Å². The van der Waals surface area contributed by atoms with Gasteiger partial charge < -0.3 is 10.1 Å². The van der Waals surface area contributed by atoms with E-state index in [4.69, 9.17) is 4.74 Å². The molecule has 1 N–H and O–H groups in total. The lowest BCUT2D eigenvalue weighted by Gasteiger charge is -2.22. The van der Waals surface area contributed by atoms with Gasteiger partial charge in [-0.25, -0.2) is 4.79 Å². The minimum Gasteiger partial charge on any atom is -0.449 e. The van der Waals surface area contributed by atoms with Gasteiger partial charge in [-0.1, -0.05) is 0 Å². The number of fused-ring (bicyclic) bond motifs is 2. The number of ether oxygens (including phenoxy) is 1. The smallest absolute Gasteiger partial charge is 0.433 e. The zero-order valence-corrected chi connectivity index (χ0v) is 9.17. The molecular weight excluding hydrogens is 249 g/mol. The molecule has 0 aliphatic carbocycles. The van der Waals surface area contributed by atoms with E-state index in [1.165, 1.54) is 0 Å². The predicted molar refractivity (Wildman–Crippen MR) is 53.8 cm³/mol. The zero-order valence-electron chi connectivity index (χ0n) is 9.17. The van der Waals surface area contributed by atoms with Crippen LogP contribution in [0.25, 0.3) is 0 Å². The molecule has 0 aromatic carbocycles. The molecule has 18 heavy (non-hydrogen) atoms. The first-order chi connectivity index (χ1) is 8.42. The van der Waals surface area contributed by atoms with Crippen molar-refractivity contribution in [1.29, 1.82) is 0 Å². The number of esters is 1. The lowest BCUT2D eigenvalue weighted by atomic mass is 9.92. The van der Waals surface area contributed by atoms with Gasteiger partial charge in [-0.2, -0.15) is 13.2 Å². The Labute approximate surface area is 100 Å². The van der Waals surface area contributed by atoms with Crippen molar-refractivity contribution >= 4 is 5.97 Å². The Morgan fingerprint density at radius 1 is 1.44 bits per heavy atom. The second-order valence-corrected chi connectivity index (χ2v) is 4.42. The highest BCUT2D eigenvalue weighted by Gasteiger charge is 2.49. The molecule has 2 aliphatic heterocycles. The number of carbonyl (C=O) groups excluding carboxylic acids is 1. The molecule has 0 radical (unpaired) electrons. The number of hydrogen-bond acceptors (Lipinski definition) is 4. The van der Waals surface area contributed by atoms with E-state index >= 15 is 0 Å². The summed E-state index contributed by atoms with van der Waals surface area (Å²) in [6.07, 6.45) is -3.09. The van der Waals surface area contributed by atoms with Crippen LogP contribution in [0.5, 0.6) is 0 Å². The minimum atomic E-state index is -4.52. The van der Waals surface area contributed by atoms with Crippen molar-refractivity contribution in [2.45, 2.75) is 18.2 Å². The van der Waals surface area contributed by atoms with Crippen LogP contribution >= 0.6 is 0 Å². The fraction of sp³-hybridized carbons (Fsp3) is 0.455. The average Bonchev–Trinajstić information content (AvgIpc) is 2.86. The van der Waals surface area contributed by atoms with Crippen molar-refractivity contribution in [3.8, 4) is 0 Å². The monoisotopic (exact) mass is 258 g/mol. The van der Waals surface area contributed by atoms with Gasteiger partial charge in [-0.3, -0.25) is 4.98 Å². The van der Waals surface area contributed by atoms with Gasteiger partial charge >= 0.3 is 12.1 Å². The Balaban J connectivity index is 2.14. The largest absolute Gasteiger partial charge is 0.449 e. The highest BCUT2D eigenvalue weighted by Crippen LogP contribution is 2.42. The van der Waals surface area contributed by atoms with E-state index < -0.39 is 23.4 Å². The van der Waals surface area contributed by atoms with Crippen molar-refractivity contribution < 1.29 is 22.7 Å². The maximum Gasteiger partial charge on any atom is 0.433 e. The number of hydrogen-bond donors (Lipinski definition) is 1. The molecule has 0 bridgehead atoms. The van der Waals surface area contributed by atoms with Crippen LogP contribution in [-0.4, -0.2) is 24.0 Å². The number of aromatic nitrogens is 1. The molecule has 4 nitrogen and oxygen atoms in total. The standard InChI is InChI=1S/C11H9F3N2O2/c12-11(13,14)8-3-7-6(4-16-8)9(17)18-10(7)1-2-15-5-10/h3-4,15H,1-2,5H2. The second-order valence-electron chi connectivity index (χ2n) is 4.42. The fourth-order valence-electron chi connectivity index (χ4n) is 2.42. The molecule has 1 fully saturated rings. The number of nitrogens with zero attached hydrogens (tertiary/aromatic N) is 1. The molecule has 1 aromatic rings. The summed E-state index contributed by atoms with van der Waals surface area (Å²) < 4.78 is 43.1. The van der Waals surface area contributed by atoms with Crippen LogP contribution in [0.2, 0.25) is 0 Å². The lowest BCUT2D eigenvalue weighted by Crippen LogP contribution is -2.29. The van der Waals surface area contributed by atoms with Crippen LogP contribution in [0, 0.1) is 0 Å². The maximum atomic E-state index is 12.6.